The van der Waals surface area contributed by atoms with Crippen LogP contribution in [-0.4, -0.2) is 18.5 Å². The van der Waals surface area contributed by atoms with Gasteiger partial charge in [0, 0.05) is 29.0 Å². The van der Waals surface area contributed by atoms with Gasteiger partial charge in [0.1, 0.15) is 11.6 Å². The summed E-state index contributed by atoms with van der Waals surface area (Å²) < 4.78 is 0. The van der Waals surface area contributed by atoms with Gasteiger partial charge in [-0.05, 0) is 81.0 Å². The van der Waals surface area contributed by atoms with Crippen LogP contribution in [0, 0.1) is 25.2 Å². The number of nitriles is 1. The van der Waals surface area contributed by atoms with Gasteiger partial charge in [-0.15, -0.1) is 0 Å². The van der Waals surface area contributed by atoms with Gasteiger partial charge in [-0.25, -0.2) is 0 Å². The molecule has 1 atom stereocenters. The van der Waals surface area contributed by atoms with E-state index in [1.54, 1.807) is 6.08 Å². The second-order valence-electron chi connectivity index (χ2n) is 8.85. The number of benzene rings is 2. The highest BCUT2D eigenvalue weighted by molar-refractivity contribution is 6.32. The van der Waals surface area contributed by atoms with Gasteiger partial charge in [-0.2, -0.15) is 5.26 Å². The summed E-state index contributed by atoms with van der Waals surface area (Å²) in [5, 5.41) is 13.0. The largest absolute Gasteiger partial charge is 0.369 e. The maximum absolute atomic E-state index is 12.7. The molecule has 1 heterocycles. The number of amides is 1. The van der Waals surface area contributed by atoms with Crippen molar-refractivity contribution in [3.05, 3.63) is 63.2 Å². The molecule has 2 aromatic carbocycles. The fourth-order valence-electron chi connectivity index (χ4n) is 4.16. The van der Waals surface area contributed by atoms with E-state index in [1.807, 2.05) is 50.2 Å². The summed E-state index contributed by atoms with van der Waals surface area (Å²) in [7, 11) is 2.08. The Labute approximate surface area is 184 Å². The minimum atomic E-state index is -0.440. The summed E-state index contributed by atoms with van der Waals surface area (Å²) >= 11 is 6.56. The average Bonchev–Trinajstić information content (AvgIpc) is 2.66. The molecular weight excluding hydrogens is 394 g/mol. The molecule has 4 nitrogen and oxygen atoms in total. The number of carbonyl (C=O) groups excluding carboxylic acids is 1. The van der Waals surface area contributed by atoms with Gasteiger partial charge in [0.25, 0.3) is 5.91 Å². The second-order valence-corrected chi connectivity index (χ2v) is 9.26. The molecule has 0 saturated heterocycles. The Morgan fingerprint density at radius 3 is 2.63 bits per heavy atom. The van der Waals surface area contributed by atoms with Crippen molar-refractivity contribution in [3.63, 3.8) is 0 Å². The van der Waals surface area contributed by atoms with Crippen LogP contribution in [0.3, 0.4) is 0 Å². The highest BCUT2D eigenvalue weighted by Crippen LogP contribution is 2.44. The van der Waals surface area contributed by atoms with Crippen LogP contribution < -0.4 is 10.2 Å². The van der Waals surface area contributed by atoms with E-state index in [9.17, 15) is 10.1 Å². The van der Waals surface area contributed by atoms with E-state index in [4.69, 9.17) is 11.6 Å². The molecule has 2 aromatic rings. The van der Waals surface area contributed by atoms with Crippen molar-refractivity contribution in [3.8, 4) is 6.07 Å². The van der Waals surface area contributed by atoms with Gasteiger partial charge in [0.05, 0.1) is 0 Å². The molecule has 0 bridgehead atoms. The lowest BCUT2D eigenvalue weighted by Crippen LogP contribution is -2.45. The molecule has 0 spiro atoms. The number of nitrogens with zero attached hydrogens (tertiary/aromatic N) is 2. The van der Waals surface area contributed by atoms with Gasteiger partial charge >= 0.3 is 0 Å². The van der Waals surface area contributed by atoms with Crippen molar-refractivity contribution in [2.24, 2.45) is 0 Å². The van der Waals surface area contributed by atoms with E-state index in [0.717, 1.165) is 23.2 Å². The molecule has 5 heteroatoms. The topological polar surface area (TPSA) is 56.1 Å². The molecule has 0 aliphatic carbocycles. The maximum Gasteiger partial charge on any atom is 0.266 e. The second kappa shape index (κ2) is 8.16. The van der Waals surface area contributed by atoms with E-state index in [1.165, 1.54) is 5.56 Å². The number of hydrogen-bond donors (Lipinski definition) is 1. The van der Waals surface area contributed by atoms with Crippen molar-refractivity contribution in [2.45, 2.75) is 52.5 Å². The molecule has 0 aromatic heterocycles. The number of aryl methyl sites for hydroxylation is 2. The highest BCUT2D eigenvalue weighted by Gasteiger charge is 2.34. The van der Waals surface area contributed by atoms with Crippen molar-refractivity contribution >= 4 is 35.0 Å². The molecule has 0 radical (unpaired) electrons. The normalized spacial score (nSPS) is 17.9. The van der Waals surface area contributed by atoms with Crippen LogP contribution in [0.2, 0.25) is 5.02 Å². The molecule has 1 N–H and O–H groups in total. The first-order valence-electron chi connectivity index (χ1n) is 10.1. The van der Waals surface area contributed by atoms with Crippen molar-refractivity contribution < 1.29 is 4.79 Å². The number of halogens is 1. The molecular formula is C25H28ClN3O. The summed E-state index contributed by atoms with van der Waals surface area (Å²) in [6.07, 6.45) is 2.59. The first-order valence-corrected chi connectivity index (χ1v) is 10.5. The fourth-order valence-corrected chi connectivity index (χ4v) is 4.38. The van der Waals surface area contributed by atoms with E-state index < -0.39 is 5.91 Å². The van der Waals surface area contributed by atoms with Crippen LogP contribution in [0.1, 0.15) is 55.4 Å². The van der Waals surface area contributed by atoms with Gasteiger partial charge in [-0.3, -0.25) is 4.79 Å². The monoisotopic (exact) mass is 421 g/mol. The standard InChI is InChI=1S/C25H28ClN3O/c1-15-7-8-22(16(2)9-15)28-24(30)19(14-27)10-18-11-20-17(3)13-25(4,5)29(6)23(20)12-21(18)26/h7-12,17H,13H2,1-6H3,(H,28,30)/b19-10+. The molecule has 1 aliphatic rings. The first kappa shape index (κ1) is 21.9. The zero-order chi connectivity index (χ0) is 22.2. The Balaban J connectivity index is 1.96. The van der Waals surface area contributed by atoms with Gasteiger partial charge in [-0.1, -0.05) is 36.2 Å². The molecule has 0 fully saturated rings. The number of anilines is 2. The SMILES string of the molecule is Cc1ccc(NC(=O)/C(C#N)=C/c2cc3c(cc2Cl)N(C)C(C)(C)CC3C)c(C)c1. The zero-order valence-corrected chi connectivity index (χ0v) is 19.2. The van der Waals surface area contributed by atoms with E-state index in [-0.39, 0.29) is 11.1 Å². The zero-order valence-electron chi connectivity index (χ0n) is 18.4. The minimum absolute atomic E-state index is 0.0222. The molecule has 1 unspecified atom stereocenters. The van der Waals surface area contributed by atoms with Gasteiger partial charge in [0.15, 0.2) is 0 Å². The summed E-state index contributed by atoms with van der Waals surface area (Å²) in [5.74, 6) is -0.0882. The summed E-state index contributed by atoms with van der Waals surface area (Å²) in [5.41, 5.74) is 5.78. The molecule has 1 aliphatic heterocycles. The average molecular weight is 422 g/mol. The summed E-state index contributed by atoms with van der Waals surface area (Å²) in [6, 6.07) is 11.7. The van der Waals surface area contributed by atoms with Gasteiger partial charge in [0.2, 0.25) is 0 Å². The molecule has 30 heavy (non-hydrogen) atoms. The third kappa shape index (κ3) is 4.22. The lowest BCUT2D eigenvalue weighted by atomic mass is 9.80. The number of fused-ring (bicyclic) bond motifs is 1. The third-order valence-electron chi connectivity index (χ3n) is 6.05. The van der Waals surface area contributed by atoms with Crippen LogP contribution in [-0.2, 0) is 4.79 Å². The number of carbonyl (C=O) groups is 1. The molecule has 156 valence electrons. The summed E-state index contributed by atoms with van der Waals surface area (Å²) in [6.45, 7) is 10.6. The van der Waals surface area contributed by atoms with Crippen LogP contribution in [0.25, 0.3) is 6.08 Å². The lowest BCUT2D eigenvalue weighted by molar-refractivity contribution is -0.112. The van der Waals surface area contributed by atoms with Crippen molar-refractivity contribution in [1.29, 1.82) is 5.26 Å². The Kier molecular flexibility index (Phi) is 5.97. The van der Waals surface area contributed by atoms with E-state index in [2.05, 4.69) is 38.0 Å². The maximum atomic E-state index is 12.7. The molecule has 0 saturated carbocycles. The predicted octanol–water partition coefficient (Wildman–Crippen LogP) is 6.22. The van der Waals surface area contributed by atoms with E-state index in [0.29, 0.717) is 22.2 Å². The third-order valence-corrected chi connectivity index (χ3v) is 6.37. The first-order chi connectivity index (χ1) is 14.0. The Bertz CT molecular complexity index is 1080. The number of hydrogen-bond acceptors (Lipinski definition) is 3. The lowest BCUT2D eigenvalue weighted by Gasteiger charge is -2.45. The quantitative estimate of drug-likeness (QED) is 0.472. The Morgan fingerprint density at radius 1 is 1.30 bits per heavy atom. The van der Waals surface area contributed by atoms with Crippen LogP contribution in [0.5, 0.6) is 0 Å². The number of nitrogens with one attached hydrogen (secondary N) is 1. The van der Waals surface area contributed by atoms with Crippen molar-refractivity contribution in [1.82, 2.24) is 0 Å². The van der Waals surface area contributed by atoms with Gasteiger partial charge < -0.3 is 10.2 Å². The Hall–Kier alpha value is -2.77. The molecule has 1 amide bonds. The summed E-state index contributed by atoms with van der Waals surface area (Å²) in [4.78, 5) is 15.0. The number of rotatable bonds is 3. The molecule has 3 rings (SSSR count). The van der Waals surface area contributed by atoms with Crippen LogP contribution in [0.4, 0.5) is 11.4 Å². The van der Waals surface area contributed by atoms with E-state index >= 15 is 0 Å². The fraction of sp³-hybridized carbons (Fsp3) is 0.360. The van der Waals surface area contributed by atoms with Crippen LogP contribution >= 0.6 is 11.6 Å². The minimum Gasteiger partial charge on any atom is -0.369 e. The Morgan fingerprint density at radius 2 is 2.00 bits per heavy atom. The predicted molar refractivity (Wildman–Crippen MR) is 125 cm³/mol. The smallest absolute Gasteiger partial charge is 0.266 e. The highest BCUT2D eigenvalue weighted by atomic mass is 35.5. The van der Waals surface area contributed by atoms with Crippen LogP contribution in [0.15, 0.2) is 35.9 Å². The van der Waals surface area contributed by atoms with Crippen molar-refractivity contribution in [2.75, 3.05) is 17.3 Å².